The number of benzene rings is 2. The van der Waals surface area contributed by atoms with Crippen LogP contribution in [-0.4, -0.2) is 22.6 Å². The van der Waals surface area contributed by atoms with Crippen molar-refractivity contribution in [3.63, 3.8) is 0 Å². The average Bonchev–Trinajstić information content (AvgIpc) is 3.42. The largest absolute Gasteiger partial charge is 0.481 e. The number of hydrogen-bond acceptors (Lipinski definition) is 3. The van der Waals surface area contributed by atoms with Crippen molar-refractivity contribution in [2.24, 2.45) is 0 Å². The maximum atomic E-state index is 12.2. The number of aliphatic carboxylic acids is 1. The molecule has 2 aliphatic rings. The molecule has 0 atom stereocenters. The number of carboxylic acid groups (broad SMARTS) is 1. The van der Waals surface area contributed by atoms with Crippen LogP contribution in [0.25, 0.3) is 0 Å². The molecule has 2 aromatic carbocycles. The fraction of sp³-hybridized carbons (Fsp3) is 0.562. The molecule has 0 radical (unpaired) electrons. The third kappa shape index (κ3) is 6.99. The molecule has 4 heteroatoms. The zero-order chi connectivity index (χ0) is 26.6. The van der Waals surface area contributed by atoms with Gasteiger partial charge in [-0.05, 0) is 116 Å². The van der Waals surface area contributed by atoms with Crippen LogP contribution in [-0.2, 0) is 52.9 Å². The molecule has 2 aromatic rings. The van der Waals surface area contributed by atoms with Crippen molar-refractivity contribution in [2.75, 3.05) is 0 Å². The van der Waals surface area contributed by atoms with Crippen LogP contribution in [0.15, 0.2) is 24.3 Å². The summed E-state index contributed by atoms with van der Waals surface area (Å²) in [6.07, 6.45) is 7.38. The minimum absolute atomic E-state index is 0.111. The Kier molecular flexibility index (Phi) is 9.03. The van der Waals surface area contributed by atoms with Crippen LogP contribution in [0.4, 0.5) is 0 Å². The fourth-order valence-corrected chi connectivity index (χ4v) is 5.69. The van der Waals surface area contributed by atoms with Crippen molar-refractivity contribution in [3.8, 4) is 0 Å². The SMILES string of the molecule is CC(C)c1ccc2c(c1CC(=O)O)CCC2.CC(C)c1ccc2c(c1CC(=O)OC(C)(C)C)CCC2. The Bertz CT molecular complexity index is 1100. The number of carbonyl (C=O) groups excluding carboxylic acids is 1. The maximum absolute atomic E-state index is 12.2. The van der Waals surface area contributed by atoms with Crippen LogP contribution >= 0.6 is 0 Å². The summed E-state index contributed by atoms with van der Waals surface area (Å²) in [6, 6.07) is 8.75. The Labute approximate surface area is 217 Å². The van der Waals surface area contributed by atoms with Crippen molar-refractivity contribution >= 4 is 11.9 Å². The van der Waals surface area contributed by atoms with E-state index in [1.807, 2.05) is 20.8 Å². The number of hydrogen-bond donors (Lipinski definition) is 1. The Morgan fingerprint density at radius 1 is 0.778 bits per heavy atom. The van der Waals surface area contributed by atoms with E-state index < -0.39 is 11.6 Å². The number of fused-ring (bicyclic) bond motifs is 2. The van der Waals surface area contributed by atoms with Crippen LogP contribution in [0.1, 0.15) is 118 Å². The molecule has 196 valence electrons. The Balaban J connectivity index is 0.000000205. The highest BCUT2D eigenvalue weighted by Gasteiger charge is 2.24. The van der Waals surface area contributed by atoms with E-state index >= 15 is 0 Å². The molecule has 36 heavy (non-hydrogen) atoms. The van der Waals surface area contributed by atoms with Crippen molar-refractivity contribution in [2.45, 2.75) is 117 Å². The summed E-state index contributed by atoms with van der Waals surface area (Å²) in [7, 11) is 0. The third-order valence-corrected chi connectivity index (χ3v) is 7.19. The molecular weight excluding hydrogens is 448 g/mol. The van der Waals surface area contributed by atoms with E-state index in [1.54, 1.807) is 0 Å². The van der Waals surface area contributed by atoms with E-state index in [4.69, 9.17) is 9.84 Å². The standard InChI is InChI=1S/C18H26O2.C14H18O2/c1-12(2)14-10-9-13-7-6-8-15(13)16(14)11-17(19)20-18(3,4)5;1-9(2)11-7-6-10-4-3-5-12(10)13(11)8-14(15)16/h9-10,12H,6-8,11H2,1-5H3;6-7,9H,3-5,8H2,1-2H3,(H,15,16). The van der Waals surface area contributed by atoms with E-state index in [1.165, 1.54) is 51.8 Å². The lowest BCUT2D eigenvalue weighted by Gasteiger charge is -2.22. The average molecular weight is 493 g/mol. The van der Waals surface area contributed by atoms with Gasteiger partial charge in [-0.25, -0.2) is 0 Å². The highest BCUT2D eigenvalue weighted by Crippen LogP contribution is 2.33. The van der Waals surface area contributed by atoms with E-state index in [9.17, 15) is 9.59 Å². The second-order valence-electron chi connectivity index (χ2n) is 11.9. The summed E-state index contributed by atoms with van der Waals surface area (Å²) in [5.74, 6) is 0.0143. The molecule has 0 saturated carbocycles. The van der Waals surface area contributed by atoms with Crippen molar-refractivity contribution in [1.82, 2.24) is 0 Å². The number of ether oxygens (including phenoxy) is 1. The predicted octanol–water partition coefficient (Wildman–Crippen LogP) is 7.11. The van der Waals surface area contributed by atoms with Crippen LogP contribution in [0.3, 0.4) is 0 Å². The summed E-state index contributed by atoms with van der Waals surface area (Å²) >= 11 is 0. The third-order valence-electron chi connectivity index (χ3n) is 7.19. The molecule has 2 aliphatic carbocycles. The topological polar surface area (TPSA) is 63.6 Å². The quantitative estimate of drug-likeness (QED) is 0.437. The molecule has 4 nitrogen and oxygen atoms in total. The maximum Gasteiger partial charge on any atom is 0.310 e. The summed E-state index contributed by atoms with van der Waals surface area (Å²) in [6.45, 7) is 14.4. The number of rotatable bonds is 6. The zero-order valence-electron chi connectivity index (χ0n) is 23.3. The molecular formula is C32H44O4. The van der Waals surface area contributed by atoms with Gasteiger partial charge in [-0.3, -0.25) is 9.59 Å². The molecule has 0 bridgehead atoms. The predicted molar refractivity (Wildman–Crippen MR) is 146 cm³/mol. The minimum atomic E-state index is -0.720. The molecule has 0 spiro atoms. The van der Waals surface area contributed by atoms with Crippen molar-refractivity contribution in [3.05, 3.63) is 68.8 Å². The summed E-state index contributed by atoms with van der Waals surface area (Å²) < 4.78 is 5.50. The van der Waals surface area contributed by atoms with E-state index in [2.05, 4.69) is 52.0 Å². The Morgan fingerprint density at radius 3 is 1.61 bits per heavy atom. The van der Waals surface area contributed by atoms with E-state index in [0.29, 0.717) is 18.3 Å². The van der Waals surface area contributed by atoms with Crippen molar-refractivity contribution in [1.29, 1.82) is 0 Å². The monoisotopic (exact) mass is 492 g/mol. The van der Waals surface area contributed by atoms with Crippen LogP contribution in [0, 0.1) is 0 Å². The highest BCUT2D eigenvalue weighted by molar-refractivity contribution is 5.74. The molecule has 4 rings (SSSR count). The van der Waals surface area contributed by atoms with Crippen molar-refractivity contribution < 1.29 is 19.4 Å². The zero-order valence-corrected chi connectivity index (χ0v) is 23.3. The number of carbonyl (C=O) groups is 2. The van der Waals surface area contributed by atoms with Gasteiger partial charge in [-0.15, -0.1) is 0 Å². The molecule has 0 unspecified atom stereocenters. The smallest absolute Gasteiger partial charge is 0.310 e. The lowest BCUT2D eigenvalue weighted by atomic mass is 9.89. The van der Waals surface area contributed by atoms with Crippen LogP contribution in [0.5, 0.6) is 0 Å². The molecule has 0 amide bonds. The summed E-state index contributed by atoms with van der Waals surface area (Å²) in [5.41, 5.74) is 9.91. The molecule has 0 saturated heterocycles. The minimum Gasteiger partial charge on any atom is -0.481 e. The van der Waals surface area contributed by atoms with Gasteiger partial charge in [0.1, 0.15) is 5.60 Å². The van der Waals surface area contributed by atoms with Gasteiger partial charge in [0.15, 0.2) is 0 Å². The number of aryl methyl sites for hydroxylation is 2. The molecule has 0 fully saturated rings. The highest BCUT2D eigenvalue weighted by atomic mass is 16.6. The second kappa shape index (κ2) is 11.6. The lowest BCUT2D eigenvalue weighted by Crippen LogP contribution is -2.25. The number of carboxylic acids is 1. The first kappa shape index (κ1) is 28.0. The van der Waals surface area contributed by atoms with Gasteiger partial charge >= 0.3 is 11.9 Å². The van der Waals surface area contributed by atoms with Crippen LogP contribution < -0.4 is 0 Å². The van der Waals surface area contributed by atoms with Gasteiger partial charge < -0.3 is 9.84 Å². The number of esters is 1. The Morgan fingerprint density at radius 2 is 1.22 bits per heavy atom. The Hall–Kier alpha value is -2.62. The van der Waals surface area contributed by atoms with Gasteiger partial charge in [0.2, 0.25) is 0 Å². The van der Waals surface area contributed by atoms with Gasteiger partial charge in [0.05, 0.1) is 12.8 Å². The summed E-state index contributed by atoms with van der Waals surface area (Å²) in [5, 5.41) is 9.00. The molecule has 0 aromatic heterocycles. The van der Waals surface area contributed by atoms with Gasteiger partial charge in [-0.1, -0.05) is 52.0 Å². The molecule has 0 aliphatic heterocycles. The normalized spacial score (nSPS) is 14.4. The lowest BCUT2D eigenvalue weighted by molar-refractivity contribution is -0.154. The van der Waals surface area contributed by atoms with E-state index in [-0.39, 0.29) is 12.4 Å². The first-order valence-electron chi connectivity index (χ1n) is 13.6. The first-order chi connectivity index (χ1) is 16.9. The fourth-order valence-electron chi connectivity index (χ4n) is 5.69. The van der Waals surface area contributed by atoms with Gasteiger partial charge in [-0.2, -0.15) is 0 Å². The van der Waals surface area contributed by atoms with Crippen LogP contribution in [0.2, 0.25) is 0 Å². The van der Waals surface area contributed by atoms with E-state index in [0.717, 1.165) is 31.2 Å². The van der Waals surface area contributed by atoms with Gasteiger partial charge in [0.25, 0.3) is 0 Å². The van der Waals surface area contributed by atoms with Gasteiger partial charge in [0, 0.05) is 0 Å². The summed E-state index contributed by atoms with van der Waals surface area (Å²) in [4.78, 5) is 23.1. The first-order valence-corrected chi connectivity index (χ1v) is 13.6. The molecule has 1 N–H and O–H groups in total. The second-order valence-corrected chi connectivity index (χ2v) is 11.9. The molecule has 0 heterocycles.